The number of rotatable bonds is 4. The van der Waals surface area contributed by atoms with Crippen LogP contribution in [0.15, 0.2) is 109 Å². The number of hydrogen-bond acceptors (Lipinski definition) is 18. The number of likely N-dealkylation sites (tertiary alicyclic amines) is 1. The number of ether oxygens (including phenoxy) is 3. The molecule has 0 saturated carbocycles. The number of benzene rings is 2. The lowest BCUT2D eigenvalue weighted by molar-refractivity contribution is -0.136. The van der Waals surface area contributed by atoms with Crippen molar-refractivity contribution in [2.75, 3.05) is 53.3 Å². The van der Waals surface area contributed by atoms with Crippen LogP contribution in [-0.4, -0.2) is 178 Å². The number of carbonyl (C=O) groups is 10. The molecule has 7 atom stereocenters. The van der Waals surface area contributed by atoms with Crippen molar-refractivity contribution in [2.45, 2.75) is 127 Å². The molecule has 1 aromatic heterocycles. The number of aliphatic hydroxyl groups excluding tert-OH is 1. The Hall–Kier alpha value is -8.12. The molecule has 442 valence electrons. The molecule has 3 N–H and O–H groups in total. The number of likely N-dealkylation sites (N-methyl/N-ethyl adjacent to an activating group) is 3. The number of carbonyl (C=O) groups excluding carboxylic acids is 10. The molecular weight excluding hydrogens is 1080 g/mol. The smallest absolute Gasteiger partial charge is 0.418 e. The van der Waals surface area contributed by atoms with Gasteiger partial charge in [-0.1, -0.05) is 72.8 Å². The van der Waals surface area contributed by atoms with Crippen LogP contribution >= 0.6 is 11.8 Å². The number of aromatic nitrogens is 1. The van der Waals surface area contributed by atoms with Crippen molar-refractivity contribution in [1.29, 1.82) is 0 Å². The normalized spacial score (nSPS) is 24.8. The van der Waals surface area contributed by atoms with Gasteiger partial charge >= 0.3 is 30.2 Å². The van der Waals surface area contributed by atoms with Gasteiger partial charge in [0.2, 0.25) is 11.8 Å². The highest BCUT2D eigenvalue weighted by atomic mass is 32.2. The van der Waals surface area contributed by atoms with Crippen molar-refractivity contribution in [1.82, 2.24) is 40.1 Å². The van der Waals surface area contributed by atoms with E-state index in [1.807, 2.05) is 85.7 Å². The summed E-state index contributed by atoms with van der Waals surface area (Å²) in [7, 11) is 8.90. The summed E-state index contributed by atoms with van der Waals surface area (Å²) in [5, 5.41) is 13.7. The van der Waals surface area contributed by atoms with E-state index in [2.05, 4.69) is 49.2 Å². The average molecular weight is 1150 g/mol. The lowest BCUT2D eigenvalue weighted by atomic mass is 10.0. The minimum Gasteiger partial charge on any atom is -0.494 e. The Bertz CT molecular complexity index is 2720. The highest BCUT2D eigenvalue weighted by molar-refractivity contribution is 8.15. The van der Waals surface area contributed by atoms with Gasteiger partial charge in [-0.3, -0.25) is 44.1 Å². The predicted octanol–water partition coefficient (Wildman–Crippen LogP) is 6.90. The number of fused-ring (bicyclic) bond motifs is 2. The zero-order valence-electron chi connectivity index (χ0n) is 47.9. The van der Waals surface area contributed by atoms with E-state index in [1.165, 1.54) is 68.8 Å². The number of hydrogen-bond donors (Lipinski definition) is 3. The number of amides is 8. The second-order valence-corrected chi connectivity index (χ2v) is 21.7. The number of nitrogens with one attached hydrogen (secondary N) is 2. The minimum absolute atomic E-state index is 0.181. The quantitative estimate of drug-likeness (QED) is 0.104. The van der Waals surface area contributed by atoms with Crippen molar-refractivity contribution in [3.8, 4) is 0 Å². The van der Waals surface area contributed by atoms with Gasteiger partial charge in [0.1, 0.15) is 18.7 Å². The van der Waals surface area contributed by atoms with Crippen molar-refractivity contribution in [3.05, 3.63) is 120 Å². The molecule has 3 aromatic rings. The Kier molecular flexibility index (Phi) is 24.6. The molecule has 23 nitrogen and oxygen atoms in total. The van der Waals surface area contributed by atoms with Crippen LogP contribution in [0.5, 0.6) is 0 Å². The number of alkyl carbamates (subject to hydrolysis) is 1. The Morgan fingerprint density at radius 1 is 0.695 bits per heavy atom. The number of para-hydroxylation sites is 1. The van der Waals surface area contributed by atoms with Crippen molar-refractivity contribution < 1.29 is 67.3 Å². The number of piperidine rings is 1. The van der Waals surface area contributed by atoms with Gasteiger partial charge in [0, 0.05) is 83.5 Å². The van der Waals surface area contributed by atoms with Crippen LogP contribution in [0.3, 0.4) is 0 Å². The third-order valence-corrected chi connectivity index (χ3v) is 15.7. The highest BCUT2D eigenvalue weighted by Crippen LogP contribution is 2.34. The summed E-state index contributed by atoms with van der Waals surface area (Å²) in [5.74, 6) is -0.984. The molecule has 24 heteroatoms. The standard InChI is InChI=1S/C11H13NO2.C11H13NO.C10H12N2O.C8H15N.C5H7NO3.C5H5NO2.C4H5NO3.C4H5NO2S/c1-12-10(8-14-11(12)13)7-9-5-3-2-4-6-9;1-9-7-8-12(11(9)13)10-5-3-2-4-6-10;1-12-9(4-5-10(12)13)8-3-2-6-11-7-8;1-9-7-3-2-4-8(9)6-5-7;1-3-4(7)9-5(8)6(3)2;1-6-4(7)2-3-5(6)8;1-2-3(6)8-4(7)5-2;1-2-3(6)5-4(7)8-2/h2-6,10H,7-8H2,1H3;2-6,13H,7-8H2,1H3;2-3,6-7,9H,4-5H2,1H3;7-8H,2-6H2,1H3;3H,1-2H3;2-3H,1H3;2H,1H3,(H,5,7);2H,1H3,(H,5,6,7). The van der Waals surface area contributed by atoms with Gasteiger partial charge in [-0.25, -0.2) is 24.0 Å². The van der Waals surface area contributed by atoms with Crippen LogP contribution < -0.4 is 15.5 Å². The summed E-state index contributed by atoms with van der Waals surface area (Å²) in [6.45, 7) is 8.25. The zero-order chi connectivity index (χ0) is 60.2. The minimum atomic E-state index is -0.650. The van der Waals surface area contributed by atoms with E-state index in [0.29, 0.717) is 18.9 Å². The molecule has 12 rings (SSSR count). The van der Waals surface area contributed by atoms with Gasteiger partial charge in [0.05, 0.1) is 17.3 Å². The van der Waals surface area contributed by atoms with Crippen LogP contribution in [0.4, 0.5) is 24.9 Å². The van der Waals surface area contributed by atoms with Gasteiger partial charge in [-0.05, 0) is 115 Å². The van der Waals surface area contributed by atoms with E-state index < -0.39 is 36.2 Å². The maximum absolute atomic E-state index is 11.3. The number of anilines is 1. The lowest BCUT2D eigenvalue weighted by Gasteiger charge is -2.30. The number of cyclic esters (lactones) is 5. The molecule has 2 bridgehead atoms. The van der Waals surface area contributed by atoms with Crippen LogP contribution in [0, 0.1) is 0 Å². The van der Waals surface area contributed by atoms with E-state index in [1.54, 1.807) is 43.8 Å². The molecular formula is C58H75N9O14S. The largest absolute Gasteiger partial charge is 0.494 e. The van der Waals surface area contributed by atoms with Gasteiger partial charge < -0.3 is 44.2 Å². The fourth-order valence-electron chi connectivity index (χ4n) is 9.27. The van der Waals surface area contributed by atoms with Crippen molar-refractivity contribution in [3.63, 3.8) is 0 Å². The molecule has 2 aromatic carbocycles. The molecule has 8 amide bonds. The summed E-state index contributed by atoms with van der Waals surface area (Å²) >= 11 is 1.03. The predicted molar refractivity (Wildman–Crippen MR) is 304 cm³/mol. The number of nitrogens with zero attached hydrogens (tertiary/aromatic N) is 7. The van der Waals surface area contributed by atoms with Crippen LogP contribution in [0.1, 0.15) is 96.2 Å². The fourth-order valence-corrected chi connectivity index (χ4v) is 9.91. The first-order chi connectivity index (χ1) is 39.0. The maximum Gasteiger partial charge on any atom is 0.418 e. The number of thioether (sulfide) groups is 1. The van der Waals surface area contributed by atoms with Gasteiger partial charge in [-0.15, -0.1) is 0 Å². The molecule has 9 aliphatic rings. The van der Waals surface area contributed by atoms with Gasteiger partial charge in [0.15, 0.2) is 5.88 Å². The first kappa shape index (κ1) is 64.7. The Morgan fingerprint density at radius 3 is 1.67 bits per heavy atom. The summed E-state index contributed by atoms with van der Waals surface area (Å²) in [6, 6.07) is 25.5. The molecule has 0 spiro atoms. The zero-order valence-corrected chi connectivity index (χ0v) is 48.7. The SMILES string of the molecule is CC1=C(O)N(c2ccccc2)CC1.CC1C(=O)OC(=O)N1C.CC1NC(=O)OC1=O.CC1SC(=O)NC1=O.CN1C(=O)C=CC1=O.CN1C(=O)CCC1c1cccnc1.CN1C(=O)OCC1Cc1ccccc1.CN1C2CCCC1CC2. The molecule has 0 aliphatic carbocycles. The lowest BCUT2D eigenvalue weighted by Crippen LogP contribution is -2.35. The van der Waals surface area contributed by atoms with Crippen molar-refractivity contribution in [2.24, 2.45) is 0 Å². The summed E-state index contributed by atoms with van der Waals surface area (Å²) in [4.78, 5) is 120. The van der Waals surface area contributed by atoms with Gasteiger partial charge in [0.25, 0.3) is 17.1 Å². The Labute approximate surface area is 482 Å². The van der Waals surface area contributed by atoms with Crippen LogP contribution in [0.2, 0.25) is 0 Å². The summed E-state index contributed by atoms with van der Waals surface area (Å²) in [5.41, 5.74) is 4.51. The topological polar surface area (TPSA) is 275 Å². The van der Waals surface area contributed by atoms with Crippen LogP contribution in [-0.2, 0) is 49.4 Å². The number of esters is 2. The molecule has 7 saturated heterocycles. The molecule has 0 radical (unpaired) electrons. The van der Waals surface area contributed by atoms with E-state index in [0.717, 1.165) is 71.4 Å². The highest BCUT2D eigenvalue weighted by Gasteiger charge is 2.36. The molecule has 82 heavy (non-hydrogen) atoms. The number of aliphatic hydroxyl groups is 1. The average Bonchev–Trinajstić information content (AvgIpc) is 4.37. The maximum atomic E-state index is 11.3. The van der Waals surface area contributed by atoms with E-state index in [-0.39, 0.29) is 52.3 Å². The molecule has 7 unspecified atom stereocenters. The monoisotopic (exact) mass is 1150 g/mol. The first-order valence-electron chi connectivity index (χ1n) is 27.0. The van der Waals surface area contributed by atoms with Crippen LogP contribution in [0.25, 0.3) is 0 Å². The Balaban J connectivity index is 0.000000174. The van der Waals surface area contributed by atoms with E-state index >= 15 is 0 Å². The molecule has 10 heterocycles. The van der Waals surface area contributed by atoms with E-state index in [9.17, 15) is 53.1 Å². The number of pyridine rings is 1. The third-order valence-electron chi connectivity index (χ3n) is 14.8. The van der Waals surface area contributed by atoms with Crippen molar-refractivity contribution >= 4 is 76.5 Å². The van der Waals surface area contributed by atoms with E-state index in [4.69, 9.17) is 4.74 Å². The molecule has 9 aliphatic heterocycles. The first-order valence-corrected chi connectivity index (χ1v) is 27.9. The van der Waals surface area contributed by atoms with Gasteiger partial charge in [-0.2, -0.15) is 0 Å². The number of imide groups is 2. The molecule has 7 fully saturated rings. The fraction of sp³-hybridized carbons (Fsp3) is 0.466. The third kappa shape index (κ3) is 18.7. The second-order valence-electron chi connectivity index (χ2n) is 20.4. The summed E-state index contributed by atoms with van der Waals surface area (Å²) < 4.78 is 13.3. The Morgan fingerprint density at radius 2 is 1.32 bits per heavy atom. The summed E-state index contributed by atoms with van der Waals surface area (Å²) in [6.07, 6.45) is 15.4. The second kappa shape index (κ2) is 31.2.